The predicted octanol–water partition coefficient (Wildman–Crippen LogP) is 5.06. The Bertz CT molecular complexity index is 1320. The maximum absolute atomic E-state index is 11.4. The summed E-state index contributed by atoms with van der Waals surface area (Å²) in [4.78, 5) is 22.6. The minimum Gasteiger partial charge on any atom is -0.351 e. The number of nitrogens with one attached hydrogen (secondary N) is 2. The summed E-state index contributed by atoms with van der Waals surface area (Å²) >= 11 is 11.9. The standard InChI is InChI=1S/C25H21ClN6OS/c1-16(33)29-18-8-10-19(11-9-18)32-24(23(30-25(32)34)20-5-2-3-13-27-20)21-6-4-14-31(21)22-12-7-17(26)15-28-22/h2-15,23-24H,1H3,(H,29,33)(H,30,34)/t23-,24+/m0/s1. The van der Waals surface area contributed by atoms with Crippen LogP contribution in [0.5, 0.6) is 0 Å². The number of pyridine rings is 2. The van der Waals surface area contributed by atoms with Crippen LogP contribution in [0.1, 0.15) is 30.4 Å². The molecule has 3 aromatic heterocycles. The Kier molecular flexibility index (Phi) is 6.00. The van der Waals surface area contributed by atoms with E-state index in [0.717, 1.165) is 28.6 Å². The van der Waals surface area contributed by atoms with E-state index in [2.05, 4.69) is 31.6 Å². The third-order valence-corrected chi connectivity index (χ3v) is 6.14. The van der Waals surface area contributed by atoms with Gasteiger partial charge in [0.15, 0.2) is 5.11 Å². The highest BCUT2D eigenvalue weighted by atomic mass is 35.5. The van der Waals surface area contributed by atoms with E-state index in [1.165, 1.54) is 6.92 Å². The van der Waals surface area contributed by atoms with Crippen LogP contribution in [0.3, 0.4) is 0 Å². The molecule has 1 amide bonds. The monoisotopic (exact) mass is 488 g/mol. The van der Waals surface area contributed by atoms with Crippen LogP contribution in [0, 0.1) is 0 Å². The molecule has 1 aromatic carbocycles. The molecule has 0 saturated carbocycles. The van der Waals surface area contributed by atoms with Crippen molar-refractivity contribution in [3.05, 3.63) is 102 Å². The molecule has 1 saturated heterocycles. The summed E-state index contributed by atoms with van der Waals surface area (Å²) in [5, 5.41) is 7.43. The Morgan fingerprint density at radius 1 is 1.06 bits per heavy atom. The molecule has 0 spiro atoms. The molecule has 0 aliphatic carbocycles. The number of anilines is 2. The van der Waals surface area contributed by atoms with E-state index in [0.29, 0.717) is 10.1 Å². The smallest absolute Gasteiger partial charge is 0.221 e. The van der Waals surface area contributed by atoms with Gasteiger partial charge in [0.05, 0.1) is 16.8 Å². The van der Waals surface area contributed by atoms with Gasteiger partial charge in [0.1, 0.15) is 11.9 Å². The average molecular weight is 489 g/mol. The Morgan fingerprint density at radius 3 is 2.56 bits per heavy atom. The first-order chi connectivity index (χ1) is 16.5. The number of thiocarbonyl (C=S) groups is 1. The van der Waals surface area contributed by atoms with Gasteiger partial charge in [0.25, 0.3) is 0 Å². The van der Waals surface area contributed by atoms with Gasteiger partial charge in [-0.15, -0.1) is 0 Å². The van der Waals surface area contributed by atoms with Crippen LogP contribution in [0.2, 0.25) is 5.02 Å². The van der Waals surface area contributed by atoms with Crippen molar-refractivity contribution in [1.29, 1.82) is 0 Å². The van der Waals surface area contributed by atoms with Crippen molar-refractivity contribution in [2.75, 3.05) is 10.2 Å². The van der Waals surface area contributed by atoms with Gasteiger partial charge in [-0.05, 0) is 72.9 Å². The van der Waals surface area contributed by atoms with Crippen LogP contribution < -0.4 is 15.5 Å². The van der Waals surface area contributed by atoms with E-state index in [1.54, 1.807) is 12.4 Å². The van der Waals surface area contributed by atoms with Crippen LogP contribution in [0.25, 0.3) is 5.82 Å². The highest BCUT2D eigenvalue weighted by Gasteiger charge is 2.42. The van der Waals surface area contributed by atoms with Crippen LogP contribution >= 0.6 is 23.8 Å². The fraction of sp³-hybridized carbons (Fsp3) is 0.120. The summed E-state index contributed by atoms with van der Waals surface area (Å²) in [6.45, 7) is 1.49. The zero-order chi connectivity index (χ0) is 23.7. The van der Waals surface area contributed by atoms with Crippen molar-refractivity contribution in [3.8, 4) is 5.82 Å². The Morgan fingerprint density at radius 2 is 1.88 bits per heavy atom. The van der Waals surface area contributed by atoms with Crippen LogP contribution in [-0.4, -0.2) is 25.6 Å². The zero-order valence-electron chi connectivity index (χ0n) is 18.2. The first-order valence-corrected chi connectivity index (χ1v) is 11.5. The molecule has 0 bridgehead atoms. The average Bonchev–Trinajstić information content (AvgIpc) is 3.45. The summed E-state index contributed by atoms with van der Waals surface area (Å²) in [5.41, 5.74) is 3.49. The van der Waals surface area contributed by atoms with Crippen LogP contribution in [0.15, 0.2) is 85.3 Å². The summed E-state index contributed by atoms with van der Waals surface area (Å²) in [6, 6.07) is 20.8. The fourth-order valence-corrected chi connectivity index (χ4v) is 4.65. The van der Waals surface area contributed by atoms with E-state index in [4.69, 9.17) is 23.8 Å². The van der Waals surface area contributed by atoms with E-state index in [-0.39, 0.29) is 18.0 Å². The molecule has 9 heteroatoms. The number of rotatable bonds is 5. The number of benzene rings is 1. The third kappa shape index (κ3) is 4.25. The molecule has 4 heterocycles. The Balaban J connectivity index is 1.61. The van der Waals surface area contributed by atoms with Gasteiger partial charge in [0.2, 0.25) is 5.91 Å². The summed E-state index contributed by atoms with van der Waals surface area (Å²) in [7, 11) is 0. The molecule has 170 valence electrons. The van der Waals surface area contributed by atoms with Gasteiger partial charge >= 0.3 is 0 Å². The molecule has 1 aliphatic heterocycles. The Labute approximate surface area is 207 Å². The molecule has 2 N–H and O–H groups in total. The summed E-state index contributed by atoms with van der Waals surface area (Å²) in [5.74, 6) is 0.635. The molecule has 1 fully saturated rings. The van der Waals surface area contributed by atoms with Crippen LogP contribution in [-0.2, 0) is 4.79 Å². The zero-order valence-corrected chi connectivity index (χ0v) is 19.8. The summed E-state index contributed by atoms with van der Waals surface area (Å²) < 4.78 is 2.03. The van der Waals surface area contributed by atoms with E-state index in [9.17, 15) is 4.79 Å². The first-order valence-electron chi connectivity index (χ1n) is 10.7. The quantitative estimate of drug-likeness (QED) is 0.383. The lowest BCUT2D eigenvalue weighted by Gasteiger charge is -2.29. The van der Waals surface area contributed by atoms with Gasteiger partial charge in [-0.2, -0.15) is 0 Å². The minimum absolute atomic E-state index is 0.118. The van der Waals surface area contributed by atoms with Gasteiger partial charge in [0, 0.05) is 42.6 Å². The molecule has 4 aromatic rings. The van der Waals surface area contributed by atoms with Crippen molar-refractivity contribution >= 4 is 46.2 Å². The highest BCUT2D eigenvalue weighted by molar-refractivity contribution is 7.80. The van der Waals surface area contributed by atoms with Gasteiger partial charge in [-0.3, -0.25) is 9.78 Å². The lowest BCUT2D eigenvalue weighted by atomic mass is 10.0. The highest BCUT2D eigenvalue weighted by Crippen LogP contribution is 2.42. The molecule has 0 radical (unpaired) electrons. The van der Waals surface area contributed by atoms with E-state index >= 15 is 0 Å². The number of hydrogen-bond acceptors (Lipinski definition) is 4. The number of carbonyl (C=O) groups is 1. The van der Waals surface area contributed by atoms with Gasteiger partial charge < -0.3 is 20.1 Å². The molecule has 0 unspecified atom stereocenters. The second-order valence-electron chi connectivity index (χ2n) is 7.86. The van der Waals surface area contributed by atoms with Crippen molar-refractivity contribution in [1.82, 2.24) is 19.9 Å². The maximum atomic E-state index is 11.4. The van der Waals surface area contributed by atoms with Gasteiger partial charge in [-0.1, -0.05) is 17.7 Å². The van der Waals surface area contributed by atoms with Crippen molar-refractivity contribution in [2.24, 2.45) is 0 Å². The topological polar surface area (TPSA) is 75.1 Å². The van der Waals surface area contributed by atoms with E-state index in [1.807, 2.05) is 71.4 Å². The number of hydrogen-bond donors (Lipinski definition) is 2. The SMILES string of the molecule is CC(=O)Nc1ccc(N2C(=S)N[C@@H](c3ccccn3)[C@H]2c2cccn2-c2ccc(Cl)cn2)cc1. The lowest BCUT2D eigenvalue weighted by Crippen LogP contribution is -2.30. The lowest BCUT2D eigenvalue weighted by molar-refractivity contribution is -0.114. The molecular weight excluding hydrogens is 468 g/mol. The second-order valence-corrected chi connectivity index (χ2v) is 8.69. The van der Waals surface area contributed by atoms with Crippen molar-refractivity contribution in [3.63, 3.8) is 0 Å². The predicted molar refractivity (Wildman–Crippen MR) is 137 cm³/mol. The van der Waals surface area contributed by atoms with Crippen LogP contribution in [0.4, 0.5) is 11.4 Å². The van der Waals surface area contributed by atoms with Gasteiger partial charge in [-0.25, -0.2) is 4.98 Å². The molecular formula is C25H21ClN6OS. The normalized spacial score (nSPS) is 17.5. The molecule has 2 atom stereocenters. The molecule has 1 aliphatic rings. The van der Waals surface area contributed by atoms with E-state index < -0.39 is 0 Å². The number of amides is 1. The fourth-order valence-electron chi connectivity index (χ4n) is 4.20. The van der Waals surface area contributed by atoms with Crippen molar-refractivity contribution in [2.45, 2.75) is 19.0 Å². The largest absolute Gasteiger partial charge is 0.351 e. The minimum atomic E-state index is -0.207. The number of carbonyl (C=O) groups excluding carboxylic acids is 1. The number of halogens is 1. The molecule has 7 nitrogen and oxygen atoms in total. The number of aromatic nitrogens is 3. The maximum Gasteiger partial charge on any atom is 0.221 e. The summed E-state index contributed by atoms with van der Waals surface area (Å²) in [6.07, 6.45) is 5.38. The van der Waals surface area contributed by atoms with Crippen molar-refractivity contribution < 1.29 is 4.79 Å². The second kappa shape index (κ2) is 9.24. The molecule has 34 heavy (non-hydrogen) atoms. The Hall–Kier alpha value is -3.75. The third-order valence-electron chi connectivity index (χ3n) is 5.61. The number of nitrogens with zero attached hydrogens (tertiary/aromatic N) is 4. The molecule has 5 rings (SSSR count). The first kappa shape index (κ1) is 22.1.